The molecule has 0 aliphatic rings. The van der Waals surface area contributed by atoms with E-state index in [4.69, 9.17) is 16.3 Å². The molecule has 0 radical (unpaired) electrons. The summed E-state index contributed by atoms with van der Waals surface area (Å²) >= 11 is 5.96. The average Bonchev–Trinajstić information content (AvgIpc) is 2.77. The molecule has 4 rings (SSSR count). The summed E-state index contributed by atoms with van der Waals surface area (Å²) in [7, 11) is 1.49. The summed E-state index contributed by atoms with van der Waals surface area (Å²) in [6.45, 7) is 0. The molecule has 166 valence electrons. The fourth-order valence-electron chi connectivity index (χ4n) is 3.01. The molecule has 1 amide bonds. The number of hydrogen-bond acceptors (Lipinski definition) is 6. The maximum Gasteiger partial charge on any atom is 0.413 e. The van der Waals surface area contributed by atoms with Crippen LogP contribution in [0, 0.1) is 0 Å². The Labute approximate surface area is 202 Å². The number of halogens is 3. The van der Waals surface area contributed by atoms with E-state index in [1.807, 2.05) is 54.6 Å². The lowest BCUT2D eigenvalue weighted by atomic mass is 10.0. The molecule has 0 bridgehead atoms. The molecule has 0 fully saturated rings. The van der Waals surface area contributed by atoms with E-state index in [0.29, 0.717) is 17.3 Å². The van der Waals surface area contributed by atoms with Crippen LogP contribution in [-0.2, 0) is 6.42 Å². The Morgan fingerprint density at radius 2 is 1.72 bits per heavy atom. The van der Waals surface area contributed by atoms with E-state index in [9.17, 15) is 4.79 Å². The molecule has 0 saturated carbocycles. The van der Waals surface area contributed by atoms with Gasteiger partial charge in [-0.25, -0.2) is 9.78 Å². The predicted octanol–water partition coefficient (Wildman–Crippen LogP) is 5.57. The molecule has 0 unspecified atom stereocenters. The molecule has 0 aliphatic carbocycles. The van der Waals surface area contributed by atoms with Crippen LogP contribution in [0.1, 0.15) is 11.3 Å². The Morgan fingerprint density at radius 3 is 2.44 bits per heavy atom. The lowest BCUT2D eigenvalue weighted by Crippen LogP contribution is -2.22. The van der Waals surface area contributed by atoms with E-state index >= 15 is 0 Å². The molecule has 0 spiro atoms. The smallest absolute Gasteiger partial charge is 0.391 e. The maximum absolute atomic E-state index is 11.4. The standard InChI is InChI=1S/C22H18ClN5O2.2ClH/c1-24-22(29)30-20-13-14(10-11-25-20)12-19-17-4-2-3-5-18(17)21(28-27-19)26-16-8-6-15(23)7-9-16;;/h2-11,13H,12H2,1H3,(H,24,29)(H,26,28);2*1H. The van der Waals surface area contributed by atoms with Crippen molar-refractivity contribution in [3.05, 3.63) is 83.1 Å². The average molecular weight is 493 g/mol. The van der Waals surface area contributed by atoms with Crippen molar-refractivity contribution in [3.63, 3.8) is 0 Å². The molecule has 2 aromatic carbocycles. The Kier molecular flexibility index (Phi) is 9.02. The summed E-state index contributed by atoms with van der Waals surface area (Å²) in [4.78, 5) is 15.5. The first-order valence-electron chi connectivity index (χ1n) is 9.24. The third-order valence-corrected chi connectivity index (χ3v) is 4.69. The second-order valence-corrected chi connectivity index (χ2v) is 6.93. The van der Waals surface area contributed by atoms with Gasteiger partial charge < -0.3 is 15.4 Å². The second-order valence-electron chi connectivity index (χ2n) is 6.49. The van der Waals surface area contributed by atoms with E-state index in [0.717, 1.165) is 27.7 Å². The molecule has 4 aromatic rings. The summed E-state index contributed by atoms with van der Waals surface area (Å²) in [5.74, 6) is 0.889. The third-order valence-electron chi connectivity index (χ3n) is 4.44. The van der Waals surface area contributed by atoms with Gasteiger partial charge in [-0.3, -0.25) is 0 Å². The number of anilines is 2. The fraction of sp³-hybridized carbons (Fsp3) is 0.0909. The molecule has 7 nitrogen and oxygen atoms in total. The summed E-state index contributed by atoms with van der Waals surface area (Å²) in [5, 5.41) is 17.1. The molecule has 0 aliphatic heterocycles. The van der Waals surface area contributed by atoms with E-state index in [1.54, 1.807) is 12.3 Å². The zero-order valence-electron chi connectivity index (χ0n) is 16.9. The summed E-state index contributed by atoms with van der Waals surface area (Å²) < 4.78 is 5.11. The number of carbonyl (C=O) groups excluding carboxylic acids is 1. The lowest BCUT2D eigenvalue weighted by molar-refractivity contribution is 0.201. The van der Waals surface area contributed by atoms with Crippen molar-refractivity contribution < 1.29 is 9.53 Å². The highest BCUT2D eigenvalue weighted by Gasteiger charge is 2.11. The first-order chi connectivity index (χ1) is 14.6. The highest BCUT2D eigenvalue weighted by Crippen LogP contribution is 2.27. The van der Waals surface area contributed by atoms with Gasteiger partial charge in [-0.1, -0.05) is 35.9 Å². The van der Waals surface area contributed by atoms with Crippen molar-refractivity contribution in [2.75, 3.05) is 12.4 Å². The second kappa shape index (κ2) is 11.5. The van der Waals surface area contributed by atoms with Crippen LogP contribution in [0.3, 0.4) is 0 Å². The maximum atomic E-state index is 11.4. The molecule has 10 heteroatoms. The third kappa shape index (κ3) is 5.97. The van der Waals surface area contributed by atoms with Gasteiger partial charge in [0.1, 0.15) is 0 Å². The van der Waals surface area contributed by atoms with Crippen LogP contribution in [0.15, 0.2) is 66.9 Å². The number of pyridine rings is 1. The van der Waals surface area contributed by atoms with Crippen LogP contribution in [0.5, 0.6) is 5.88 Å². The number of nitrogens with zero attached hydrogens (tertiary/aromatic N) is 3. The molecular weight excluding hydrogens is 473 g/mol. The molecule has 0 saturated heterocycles. The minimum Gasteiger partial charge on any atom is -0.391 e. The number of carbonyl (C=O) groups is 1. The van der Waals surface area contributed by atoms with Crippen LogP contribution < -0.4 is 15.4 Å². The molecule has 2 heterocycles. The zero-order chi connectivity index (χ0) is 20.9. The Morgan fingerprint density at radius 1 is 1.00 bits per heavy atom. The summed E-state index contributed by atoms with van der Waals surface area (Å²) in [6, 6.07) is 18.9. The summed E-state index contributed by atoms with van der Waals surface area (Å²) in [6.07, 6.45) is 1.55. The SMILES string of the molecule is CNC(=O)Oc1cc(Cc2nnc(Nc3ccc(Cl)cc3)c3ccccc23)ccn1.Cl.Cl. The van der Waals surface area contributed by atoms with Crippen molar-refractivity contribution in [2.45, 2.75) is 6.42 Å². The van der Waals surface area contributed by atoms with Crippen molar-refractivity contribution in [3.8, 4) is 5.88 Å². The van der Waals surface area contributed by atoms with Crippen LogP contribution in [0.25, 0.3) is 10.8 Å². The minimum absolute atomic E-state index is 0. The number of hydrogen-bond donors (Lipinski definition) is 2. The molecule has 0 atom stereocenters. The van der Waals surface area contributed by atoms with E-state index in [1.165, 1.54) is 7.05 Å². The number of aromatic nitrogens is 3. The molecule has 32 heavy (non-hydrogen) atoms. The zero-order valence-corrected chi connectivity index (χ0v) is 19.3. The monoisotopic (exact) mass is 491 g/mol. The largest absolute Gasteiger partial charge is 0.413 e. The number of benzene rings is 2. The Balaban J connectivity index is 0.00000181. The van der Waals surface area contributed by atoms with Gasteiger partial charge in [-0.05, 0) is 35.9 Å². The number of nitrogens with one attached hydrogen (secondary N) is 2. The van der Waals surface area contributed by atoms with Gasteiger partial charge >= 0.3 is 6.09 Å². The van der Waals surface area contributed by atoms with Crippen molar-refractivity contribution in [1.29, 1.82) is 0 Å². The summed E-state index contributed by atoms with van der Waals surface area (Å²) in [5.41, 5.74) is 2.59. The first-order valence-corrected chi connectivity index (χ1v) is 9.61. The highest BCUT2D eigenvalue weighted by atomic mass is 35.5. The molecule has 2 N–H and O–H groups in total. The number of fused-ring (bicyclic) bond motifs is 1. The van der Waals surface area contributed by atoms with Gasteiger partial charge in [-0.2, -0.15) is 5.10 Å². The Hall–Kier alpha value is -3.13. The van der Waals surface area contributed by atoms with Crippen LogP contribution in [0.2, 0.25) is 5.02 Å². The van der Waals surface area contributed by atoms with E-state index < -0.39 is 6.09 Å². The quantitative estimate of drug-likeness (QED) is 0.378. The lowest BCUT2D eigenvalue weighted by Gasteiger charge is -2.11. The van der Waals surface area contributed by atoms with Gasteiger partial charge in [0.2, 0.25) is 5.88 Å². The molecule has 2 aromatic heterocycles. The van der Waals surface area contributed by atoms with Gasteiger partial charge in [0, 0.05) is 47.2 Å². The predicted molar refractivity (Wildman–Crippen MR) is 131 cm³/mol. The molecular formula is C22H20Cl3N5O2. The normalized spacial score (nSPS) is 9.94. The van der Waals surface area contributed by atoms with Gasteiger partial charge in [0.15, 0.2) is 5.82 Å². The number of rotatable bonds is 5. The number of ether oxygens (including phenoxy) is 1. The van der Waals surface area contributed by atoms with Crippen molar-refractivity contribution in [1.82, 2.24) is 20.5 Å². The first kappa shape index (κ1) is 25.1. The van der Waals surface area contributed by atoms with E-state index in [-0.39, 0.29) is 30.7 Å². The topological polar surface area (TPSA) is 89.0 Å². The highest BCUT2D eigenvalue weighted by molar-refractivity contribution is 6.30. The van der Waals surface area contributed by atoms with Gasteiger partial charge in [-0.15, -0.1) is 29.9 Å². The van der Waals surface area contributed by atoms with Crippen molar-refractivity contribution >= 4 is 64.8 Å². The number of amides is 1. The van der Waals surface area contributed by atoms with Crippen molar-refractivity contribution in [2.24, 2.45) is 0 Å². The van der Waals surface area contributed by atoms with Crippen LogP contribution >= 0.6 is 36.4 Å². The fourth-order valence-corrected chi connectivity index (χ4v) is 3.13. The van der Waals surface area contributed by atoms with E-state index in [2.05, 4.69) is 25.8 Å². The Bertz CT molecular complexity index is 1210. The minimum atomic E-state index is -0.567. The van der Waals surface area contributed by atoms with Gasteiger partial charge in [0.05, 0.1) is 5.69 Å². The van der Waals surface area contributed by atoms with Gasteiger partial charge in [0.25, 0.3) is 0 Å². The van der Waals surface area contributed by atoms with Crippen LogP contribution in [0.4, 0.5) is 16.3 Å². The van der Waals surface area contributed by atoms with Crippen LogP contribution in [-0.4, -0.2) is 28.3 Å².